The molecule has 40 heavy (non-hydrogen) atoms. The molecule has 1 aromatic heterocycles. The molecule has 12 nitrogen and oxygen atoms in total. The van der Waals surface area contributed by atoms with E-state index in [4.69, 9.17) is 9.52 Å². The van der Waals surface area contributed by atoms with Crippen LogP contribution in [-0.4, -0.2) is 80.2 Å². The number of unbranched alkanes of at least 4 members (excludes halogenated alkanes) is 1. The number of aliphatic carboxylic acids is 1. The Labute approximate surface area is 236 Å². The SMILES string of the molecule is C=C(CCCCC(=O)O)N[C@H](C(=O)N1CCC[C@H]1C(=O)N[C@H](C(=O)c1nnc(C(C)(C)CO)o1)C(C)C)C(C)C. The summed E-state index contributed by atoms with van der Waals surface area (Å²) in [6.45, 7) is 15.0. The second-order valence-corrected chi connectivity index (χ2v) is 11.8. The smallest absolute Gasteiger partial charge is 0.303 e. The zero-order valence-corrected chi connectivity index (χ0v) is 24.5. The van der Waals surface area contributed by atoms with E-state index in [1.165, 1.54) is 0 Å². The van der Waals surface area contributed by atoms with Crippen LogP contribution in [0.5, 0.6) is 0 Å². The summed E-state index contributed by atoms with van der Waals surface area (Å²) in [5.74, 6) is -2.54. The number of rotatable bonds is 16. The molecule has 0 bridgehead atoms. The Morgan fingerprint density at radius 1 is 1.05 bits per heavy atom. The first-order valence-electron chi connectivity index (χ1n) is 14.0. The number of nitrogens with one attached hydrogen (secondary N) is 2. The highest BCUT2D eigenvalue weighted by molar-refractivity contribution is 6.00. The summed E-state index contributed by atoms with van der Waals surface area (Å²) < 4.78 is 5.55. The molecule has 0 radical (unpaired) electrons. The van der Waals surface area contributed by atoms with Gasteiger partial charge in [0.1, 0.15) is 12.1 Å². The first-order chi connectivity index (χ1) is 18.7. The number of Topliss-reactive ketones (excluding diaryl/α,β-unsaturated/α-hetero) is 1. The van der Waals surface area contributed by atoms with Crippen molar-refractivity contribution in [2.75, 3.05) is 13.2 Å². The highest BCUT2D eigenvalue weighted by atomic mass is 16.4. The van der Waals surface area contributed by atoms with Crippen molar-refractivity contribution in [3.63, 3.8) is 0 Å². The minimum Gasteiger partial charge on any atom is -0.481 e. The monoisotopic (exact) mass is 563 g/mol. The number of aliphatic hydroxyl groups excluding tert-OH is 1. The first kappa shape index (κ1) is 32.9. The Balaban J connectivity index is 2.10. The molecule has 1 fully saturated rings. The molecule has 1 saturated heterocycles. The van der Waals surface area contributed by atoms with Crippen molar-refractivity contribution in [2.24, 2.45) is 11.8 Å². The summed E-state index contributed by atoms with van der Waals surface area (Å²) in [4.78, 5) is 52.6. The summed E-state index contributed by atoms with van der Waals surface area (Å²) in [5.41, 5.74) is -0.177. The zero-order chi connectivity index (χ0) is 30.2. The molecule has 2 amide bonds. The molecule has 0 aliphatic carbocycles. The lowest BCUT2D eigenvalue weighted by molar-refractivity contribution is -0.141. The lowest BCUT2D eigenvalue weighted by Crippen LogP contribution is -2.56. The maximum atomic E-state index is 13.6. The van der Waals surface area contributed by atoms with Gasteiger partial charge in [-0.2, -0.15) is 0 Å². The van der Waals surface area contributed by atoms with Crippen LogP contribution in [0.25, 0.3) is 0 Å². The second kappa shape index (κ2) is 14.4. The van der Waals surface area contributed by atoms with Gasteiger partial charge in [0.2, 0.25) is 23.5 Å². The molecule has 1 aliphatic heterocycles. The van der Waals surface area contributed by atoms with Gasteiger partial charge in [0.25, 0.3) is 5.89 Å². The van der Waals surface area contributed by atoms with Crippen molar-refractivity contribution in [1.82, 2.24) is 25.7 Å². The van der Waals surface area contributed by atoms with Crippen molar-refractivity contribution in [3.05, 3.63) is 24.1 Å². The summed E-state index contributed by atoms with van der Waals surface area (Å²) in [6, 6.07) is -2.28. The Morgan fingerprint density at radius 2 is 1.68 bits per heavy atom. The third-order valence-electron chi connectivity index (χ3n) is 7.11. The molecule has 2 heterocycles. The molecule has 0 spiro atoms. The van der Waals surface area contributed by atoms with E-state index in [-0.39, 0.29) is 42.6 Å². The van der Waals surface area contributed by atoms with Crippen LogP contribution in [0, 0.1) is 11.8 Å². The summed E-state index contributed by atoms with van der Waals surface area (Å²) >= 11 is 0. The maximum Gasteiger partial charge on any atom is 0.303 e. The molecule has 12 heteroatoms. The standard InChI is InChI=1S/C28H45N5O7/c1-16(2)21(23(37)25-31-32-27(40-25)28(6,7)15-34)30-24(38)19-12-10-14-33(19)26(39)22(17(3)4)29-18(5)11-8-9-13-20(35)36/h16-17,19,21-22,29,34H,5,8-15H2,1-4,6-7H3,(H,30,38)(H,35,36)/t19-,21-,22-/m0/s1. The number of carbonyl (C=O) groups excluding carboxylic acids is 3. The van der Waals surface area contributed by atoms with Crippen LogP contribution < -0.4 is 10.6 Å². The van der Waals surface area contributed by atoms with E-state index in [1.807, 2.05) is 13.8 Å². The number of carboxylic acid groups (broad SMARTS) is 1. The van der Waals surface area contributed by atoms with Crippen molar-refractivity contribution in [2.45, 2.75) is 104 Å². The Kier molecular flexibility index (Phi) is 11.8. The fourth-order valence-electron chi connectivity index (χ4n) is 4.48. The third-order valence-corrected chi connectivity index (χ3v) is 7.11. The second-order valence-electron chi connectivity index (χ2n) is 11.8. The molecule has 3 atom stereocenters. The highest BCUT2D eigenvalue weighted by Crippen LogP contribution is 2.24. The van der Waals surface area contributed by atoms with E-state index in [1.54, 1.807) is 32.6 Å². The van der Waals surface area contributed by atoms with Crippen LogP contribution in [0.3, 0.4) is 0 Å². The molecule has 4 N–H and O–H groups in total. The van der Waals surface area contributed by atoms with Crippen molar-refractivity contribution >= 4 is 23.6 Å². The van der Waals surface area contributed by atoms with Gasteiger partial charge in [-0.15, -0.1) is 10.2 Å². The summed E-state index contributed by atoms with van der Waals surface area (Å²) in [6.07, 6.45) is 2.89. The Hall–Kier alpha value is -3.28. The van der Waals surface area contributed by atoms with Crippen LogP contribution in [0.15, 0.2) is 16.7 Å². The molecule has 0 unspecified atom stereocenters. The normalized spacial score (nSPS) is 17.1. The summed E-state index contributed by atoms with van der Waals surface area (Å²) in [5, 5.41) is 32.1. The quantitative estimate of drug-likeness (QED) is 0.173. The minimum atomic E-state index is -0.944. The number of aliphatic hydroxyl groups is 1. The summed E-state index contributed by atoms with van der Waals surface area (Å²) in [7, 11) is 0. The molecule has 1 aromatic rings. The van der Waals surface area contributed by atoms with Crippen molar-refractivity contribution < 1.29 is 33.8 Å². The van der Waals surface area contributed by atoms with E-state index in [0.717, 1.165) is 0 Å². The molecule has 0 aromatic carbocycles. The predicted octanol–water partition coefficient (Wildman–Crippen LogP) is 2.43. The zero-order valence-electron chi connectivity index (χ0n) is 24.5. The van der Waals surface area contributed by atoms with Gasteiger partial charge in [-0.3, -0.25) is 19.2 Å². The highest BCUT2D eigenvalue weighted by Gasteiger charge is 2.40. The number of ketones is 1. The lowest BCUT2D eigenvalue weighted by Gasteiger charge is -2.32. The minimum absolute atomic E-state index is 0.0819. The van der Waals surface area contributed by atoms with Crippen LogP contribution in [0.2, 0.25) is 0 Å². The van der Waals surface area contributed by atoms with E-state index in [2.05, 4.69) is 27.4 Å². The molecule has 224 valence electrons. The van der Waals surface area contributed by atoms with E-state index >= 15 is 0 Å². The Bertz CT molecular complexity index is 1070. The molecular formula is C28H45N5O7. The number of allylic oxidation sites excluding steroid dienone is 1. The van der Waals surface area contributed by atoms with Gasteiger partial charge in [-0.05, 0) is 57.8 Å². The van der Waals surface area contributed by atoms with Gasteiger partial charge in [0.15, 0.2) is 0 Å². The van der Waals surface area contributed by atoms with Gasteiger partial charge in [0, 0.05) is 18.7 Å². The number of hydrogen-bond donors (Lipinski definition) is 4. The molecular weight excluding hydrogens is 518 g/mol. The molecule has 1 aliphatic rings. The van der Waals surface area contributed by atoms with Crippen LogP contribution >= 0.6 is 0 Å². The van der Waals surface area contributed by atoms with Gasteiger partial charge in [0.05, 0.1) is 18.1 Å². The number of hydrogen-bond acceptors (Lipinski definition) is 9. The molecule has 0 saturated carbocycles. The Morgan fingerprint density at radius 3 is 2.25 bits per heavy atom. The van der Waals surface area contributed by atoms with Gasteiger partial charge >= 0.3 is 5.97 Å². The van der Waals surface area contributed by atoms with Crippen LogP contribution in [0.4, 0.5) is 0 Å². The van der Waals surface area contributed by atoms with Gasteiger partial charge in [-0.1, -0.05) is 34.3 Å². The third kappa shape index (κ3) is 8.61. The van der Waals surface area contributed by atoms with Gasteiger partial charge in [-0.25, -0.2) is 0 Å². The number of amides is 2. The number of carboxylic acids is 1. The van der Waals surface area contributed by atoms with E-state index in [0.29, 0.717) is 44.3 Å². The average Bonchev–Trinajstić information content (AvgIpc) is 3.58. The predicted molar refractivity (Wildman–Crippen MR) is 147 cm³/mol. The number of likely N-dealkylation sites (tertiary alicyclic amines) is 1. The number of nitrogens with zero attached hydrogens (tertiary/aromatic N) is 3. The average molecular weight is 564 g/mol. The fourth-order valence-corrected chi connectivity index (χ4v) is 4.48. The van der Waals surface area contributed by atoms with Crippen LogP contribution in [-0.2, 0) is 19.8 Å². The first-order valence-corrected chi connectivity index (χ1v) is 14.0. The van der Waals surface area contributed by atoms with Crippen molar-refractivity contribution in [3.8, 4) is 0 Å². The van der Waals surface area contributed by atoms with Crippen molar-refractivity contribution in [1.29, 1.82) is 0 Å². The molecule has 2 rings (SSSR count). The van der Waals surface area contributed by atoms with E-state index < -0.39 is 41.2 Å². The largest absolute Gasteiger partial charge is 0.481 e. The van der Waals surface area contributed by atoms with Crippen LogP contribution in [0.1, 0.15) is 96.6 Å². The maximum absolute atomic E-state index is 13.6. The number of aromatic nitrogens is 2. The fraction of sp³-hybridized carbons (Fsp3) is 0.714. The van der Waals surface area contributed by atoms with E-state index in [9.17, 15) is 24.3 Å². The number of carbonyl (C=O) groups is 4. The topological polar surface area (TPSA) is 175 Å². The lowest BCUT2D eigenvalue weighted by atomic mass is 9.95. The van der Waals surface area contributed by atoms with Gasteiger partial charge < -0.3 is 30.2 Å².